The van der Waals surface area contributed by atoms with Gasteiger partial charge in [-0.1, -0.05) is 24.3 Å². The first-order chi connectivity index (χ1) is 10.7. The number of amides is 1. The summed E-state index contributed by atoms with van der Waals surface area (Å²) in [4.78, 5) is 34.5. The smallest absolute Gasteiger partial charge is 0.411 e. The Morgan fingerprint density at radius 3 is 2.22 bits per heavy atom. The predicted molar refractivity (Wildman–Crippen MR) is 83.2 cm³/mol. The van der Waals surface area contributed by atoms with Crippen molar-refractivity contribution in [3.8, 4) is 0 Å². The highest BCUT2D eigenvalue weighted by molar-refractivity contribution is 5.95. The number of Topliss-reactive ketones (excluding diaryl/α,β-unsaturated/α-hetero) is 1. The molecule has 0 bridgehead atoms. The second-order valence-corrected chi connectivity index (χ2v) is 6.65. The van der Waals surface area contributed by atoms with Crippen LogP contribution in [0.1, 0.15) is 38.3 Å². The normalized spacial score (nSPS) is 18.7. The number of benzene rings is 1. The maximum absolute atomic E-state index is 11.6. The van der Waals surface area contributed by atoms with Crippen LogP contribution >= 0.6 is 0 Å². The van der Waals surface area contributed by atoms with Crippen molar-refractivity contribution < 1.29 is 24.2 Å². The van der Waals surface area contributed by atoms with E-state index in [1.807, 2.05) is 0 Å². The lowest BCUT2D eigenvalue weighted by molar-refractivity contribution is -0.142. The standard InChI is InChI=1S/C10H15NO5.C7H6/c1-10(2,3)16-9(15)11-5-6(12)4-7(11)8(13)14;1-2-4-7-5-6(7)3-1/h7H,4-5H2,1-3H3,(H,13,14);1-4H,5H2. The van der Waals surface area contributed by atoms with E-state index in [0.29, 0.717) is 0 Å². The summed E-state index contributed by atoms with van der Waals surface area (Å²) in [5, 5.41) is 8.85. The molecular formula is C17H21NO5. The van der Waals surface area contributed by atoms with Crippen molar-refractivity contribution in [2.75, 3.05) is 6.54 Å². The molecule has 1 atom stereocenters. The summed E-state index contributed by atoms with van der Waals surface area (Å²) < 4.78 is 5.02. The Morgan fingerprint density at radius 2 is 1.78 bits per heavy atom. The molecule has 6 nitrogen and oxygen atoms in total. The molecule has 0 aromatic heterocycles. The lowest BCUT2D eigenvalue weighted by atomic mass is 10.2. The molecule has 0 saturated carbocycles. The van der Waals surface area contributed by atoms with Crippen LogP contribution in [-0.4, -0.2) is 46.0 Å². The molecule has 0 spiro atoms. The quantitative estimate of drug-likeness (QED) is 0.871. The van der Waals surface area contributed by atoms with Crippen LogP contribution in [0.2, 0.25) is 0 Å². The van der Waals surface area contributed by atoms with Gasteiger partial charge in [0.25, 0.3) is 0 Å². The Labute approximate surface area is 135 Å². The number of carbonyl (C=O) groups is 3. The molecule has 23 heavy (non-hydrogen) atoms. The minimum atomic E-state index is -1.18. The zero-order valence-electron chi connectivity index (χ0n) is 13.5. The Balaban J connectivity index is 0.000000223. The number of hydrogen-bond donors (Lipinski definition) is 1. The summed E-state index contributed by atoms with van der Waals surface area (Å²) in [7, 11) is 0. The maximum Gasteiger partial charge on any atom is 0.411 e. The zero-order chi connectivity index (χ0) is 17.2. The first-order valence-corrected chi connectivity index (χ1v) is 7.48. The van der Waals surface area contributed by atoms with Crippen molar-refractivity contribution in [2.24, 2.45) is 0 Å². The van der Waals surface area contributed by atoms with Crippen molar-refractivity contribution in [3.63, 3.8) is 0 Å². The number of carboxylic acid groups (broad SMARTS) is 1. The molecular weight excluding hydrogens is 298 g/mol. The van der Waals surface area contributed by atoms with Gasteiger partial charge in [0.2, 0.25) is 0 Å². The molecule has 1 N–H and O–H groups in total. The molecule has 1 fully saturated rings. The fraction of sp³-hybridized carbons (Fsp3) is 0.471. The predicted octanol–water partition coefficient (Wildman–Crippen LogP) is 2.24. The third-order valence-electron chi connectivity index (χ3n) is 3.43. The van der Waals surface area contributed by atoms with Gasteiger partial charge in [0, 0.05) is 6.42 Å². The number of likely N-dealkylation sites (tertiary alicyclic amines) is 1. The molecule has 1 heterocycles. The van der Waals surface area contributed by atoms with Crippen LogP contribution in [0.15, 0.2) is 24.3 Å². The maximum atomic E-state index is 11.6. The molecule has 1 aromatic carbocycles. The van der Waals surface area contributed by atoms with Gasteiger partial charge in [-0.3, -0.25) is 9.69 Å². The third kappa shape index (κ3) is 4.81. The zero-order valence-corrected chi connectivity index (χ0v) is 13.5. The summed E-state index contributed by atoms with van der Waals surface area (Å²) in [6.45, 7) is 4.85. The van der Waals surface area contributed by atoms with E-state index in [1.165, 1.54) is 17.5 Å². The highest BCUT2D eigenvalue weighted by Gasteiger charge is 2.40. The minimum Gasteiger partial charge on any atom is -0.480 e. The van der Waals surface area contributed by atoms with E-state index in [0.717, 1.165) is 4.90 Å². The Bertz CT molecular complexity index is 611. The van der Waals surface area contributed by atoms with Gasteiger partial charge in [-0.05, 0) is 38.3 Å². The second kappa shape index (κ2) is 6.40. The molecule has 1 unspecified atom stereocenters. The molecule has 2 aliphatic rings. The highest BCUT2D eigenvalue weighted by Crippen LogP contribution is 2.25. The molecule has 3 rings (SSSR count). The molecule has 1 aliphatic heterocycles. The number of ether oxygens (including phenoxy) is 1. The van der Waals surface area contributed by atoms with Crippen LogP contribution in [0.25, 0.3) is 0 Å². The number of hydrogen-bond acceptors (Lipinski definition) is 4. The van der Waals surface area contributed by atoms with E-state index in [-0.39, 0.29) is 18.7 Å². The molecule has 6 heteroatoms. The van der Waals surface area contributed by atoms with E-state index in [9.17, 15) is 14.4 Å². The largest absolute Gasteiger partial charge is 0.480 e. The average Bonchev–Trinajstić information content (AvgIpc) is 3.11. The summed E-state index contributed by atoms with van der Waals surface area (Å²) >= 11 is 0. The van der Waals surface area contributed by atoms with Gasteiger partial charge in [0.05, 0.1) is 6.54 Å². The lowest BCUT2D eigenvalue weighted by Crippen LogP contribution is -2.43. The Kier molecular flexibility index (Phi) is 4.73. The van der Waals surface area contributed by atoms with Gasteiger partial charge >= 0.3 is 12.1 Å². The number of ketones is 1. The van der Waals surface area contributed by atoms with Crippen LogP contribution in [0, 0.1) is 0 Å². The van der Waals surface area contributed by atoms with E-state index < -0.39 is 23.7 Å². The van der Waals surface area contributed by atoms with Crippen LogP contribution in [0.5, 0.6) is 0 Å². The van der Waals surface area contributed by atoms with E-state index >= 15 is 0 Å². The number of carbonyl (C=O) groups excluding carboxylic acids is 2. The van der Waals surface area contributed by atoms with Gasteiger partial charge in [-0.15, -0.1) is 0 Å². The Hall–Kier alpha value is -2.37. The first-order valence-electron chi connectivity index (χ1n) is 7.48. The highest BCUT2D eigenvalue weighted by atomic mass is 16.6. The Morgan fingerprint density at radius 1 is 1.22 bits per heavy atom. The van der Waals surface area contributed by atoms with Crippen LogP contribution < -0.4 is 0 Å². The number of rotatable bonds is 1. The molecule has 1 amide bonds. The SMILES string of the molecule is CC(C)(C)OC(=O)N1CC(=O)CC1C(=O)O.c1ccc2c(c1)C2. The molecule has 124 valence electrons. The number of fused-ring (bicyclic) bond motifs is 1. The minimum absolute atomic E-state index is 0.144. The van der Waals surface area contributed by atoms with Crippen molar-refractivity contribution in [3.05, 3.63) is 35.4 Å². The monoisotopic (exact) mass is 319 g/mol. The van der Waals surface area contributed by atoms with Crippen molar-refractivity contribution in [1.82, 2.24) is 4.90 Å². The van der Waals surface area contributed by atoms with Gasteiger partial charge in [-0.25, -0.2) is 9.59 Å². The fourth-order valence-electron chi connectivity index (χ4n) is 2.26. The summed E-state index contributed by atoms with van der Waals surface area (Å²) in [6.07, 6.45) is 0.340. The summed E-state index contributed by atoms with van der Waals surface area (Å²) in [5.41, 5.74) is 2.36. The summed E-state index contributed by atoms with van der Waals surface area (Å²) in [6, 6.07) is 7.44. The van der Waals surface area contributed by atoms with Crippen LogP contribution in [-0.2, 0) is 20.7 Å². The lowest BCUT2D eigenvalue weighted by Gasteiger charge is -2.26. The van der Waals surface area contributed by atoms with Crippen molar-refractivity contribution >= 4 is 17.8 Å². The van der Waals surface area contributed by atoms with Crippen LogP contribution in [0.3, 0.4) is 0 Å². The fourth-order valence-corrected chi connectivity index (χ4v) is 2.26. The van der Waals surface area contributed by atoms with E-state index in [4.69, 9.17) is 9.84 Å². The van der Waals surface area contributed by atoms with E-state index in [1.54, 1.807) is 20.8 Å². The molecule has 1 aliphatic carbocycles. The topological polar surface area (TPSA) is 83.9 Å². The van der Waals surface area contributed by atoms with Gasteiger partial charge < -0.3 is 9.84 Å². The van der Waals surface area contributed by atoms with Gasteiger partial charge in [0.15, 0.2) is 5.78 Å². The molecule has 1 aromatic rings. The summed E-state index contributed by atoms with van der Waals surface area (Å²) in [5.74, 6) is -1.45. The van der Waals surface area contributed by atoms with Crippen LogP contribution in [0.4, 0.5) is 4.79 Å². The van der Waals surface area contributed by atoms with Gasteiger partial charge in [-0.2, -0.15) is 0 Å². The average molecular weight is 319 g/mol. The second-order valence-electron chi connectivity index (χ2n) is 6.65. The van der Waals surface area contributed by atoms with Gasteiger partial charge in [0.1, 0.15) is 11.6 Å². The van der Waals surface area contributed by atoms with Crippen molar-refractivity contribution in [1.29, 1.82) is 0 Å². The van der Waals surface area contributed by atoms with E-state index in [2.05, 4.69) is 24.3 Å². The molecule has 0 radical (unpaired) electrons. The first kappa shape index (κ1) is 17.0. The number of nitrogens with zero attached hydrogens (tertiary/aromatic N) is 1. The number of aliphatic carboxylic acids is 1. The molecule has 1 saturated heterocycles. The third-order valence-corrected chi connectivity index (χ3v) is 3.43. The van der Waals surface area contributed by atoms with Crippen molar-refractivity contribution in [2.45, 2.75) is 45.3 Å². The number of carboxylic acids is 1.